The standard InChI is InChI=1S/C13H17ClO3S/c1-13(7-2-9-17-10-8-13)11-3-5-12(6-4-11)18(14,15)16/h3-6H,2,7-10H2,1H3. The predicted molar refractivity (Wildman–Crippen MR) is 71.5 cm³/mol. The van der Waals surface area contributed by atoms with Gasteiger partial charge in [0, 0.05) is 23.9 Å². The summed E-state index contributed by atoms with van der Waals surface area (Å²) in [5.74, 6) is 0. The molecule has 18 heavy (non-hydrogen) atoms. The molecule has 3 nitrogen and oxygen atoms in total. The molecule has 5 heteroatoms. The van der Waals surface area contributed by atoms with E-state index in [0.717, 1.165) is 38.0 Å². The number of halogens is 1. The van der Waals surface area contributed by atoms with Crippen molar-refractivity contribution in [2.24, 2.45) is 0 Å². The van der Waals surface area contributed by atoms with Crippen LogP contribution < -0.4 is 0 Å². The highest BCUT2D eigenvalue weighted by atomic mass is 35.7. The molecule has 1 fully saturated rings. The molecule has 0 bridgehead atoms. The zero-order chi connectivity index (χ0) is 13.2. The van der Waals surface area contributed by atoms with Crippen LogP contribution in [0.4, 0.5) is 0 Å². The molecular weight excluding hydrogens is 272 g/mol. The van der Waals surface area contributed by atoms with Crippen molar-refractivity contribution in [3.63, 3.8) is 0 Å². The van der Waals surface area contributed by atoms with Gasteiger partial charge in [0.15, 0.2) is 0 Å². The first-order valence-corrected chi connectivity index (χ1v) is 8.36. The number of rotatable bonds is 2. The summed E-state index contributed by atoms with van der Waals surface area (Å²) in [5.41, 5.74) is 1.21. The van der Waals surface area contributed by atoms with Gasteiger partial charge in [-0.05, 0) is 42.4 Å². The van der Waals surface area contributed by atoms with Gasteiger partial charge in [-0.15, -0.1) is 0 Å². The van der Waals surface area contributed by atoms with Gasteiger partial charge in [-0.2, -0.15) is 0 Å². The molecule has 0 aliphatic carbocycles. The molecule has 1 aromatic rings. The molecule has 1 aliphatic heterocycles. The van der Waals surface area contributed by atoms with Crippen LogP contribution in [0.3, 0.4) is 0 Å². The van der Waals surface area contributed by atoms with E-state index in [1.54, 1.807) is 12.1 Å². The van der Waals surface area contributed by atoms with Crippen LogP contribution >= 0.6 is 10.7 Å². The Bertz CT molecular complexity index is 500. The van der Waals surface area contributed by atoms with Gasteiger partial charge >= 0.3 is 0 Å². The van der Waals surface area contributed by atoms with Gasteiger partial charge in [0.1, 0.15) is 0 Å². The lowest BCUT2D eigenvalue weighted by Crippen LogP contribution is -2.22. The average molecular weight is 289 g/mol. The molecule has 1 unspecified atom stereocenters. The van der Waals surface area contributed by atoms with Gasteiger partial charge in [-0.25, -0.2) is 8.42 Å². The maximum atomic E-state index is 11.2. The fourth-order valence-electron chi connectivity index (χ4n) is 2.40. The molecular formula is C13H17ClO3S. The molecule has 1 aromatic carbocycles. The summed E-state index contributed by atoms with van der Waals surface area (Å²) in [6.45, 7) is 3.77. The summed E-state index contributed by atoms with van der Waals surface area (Å²) in [5, 5.41) is 0. The highest BCUT2D eigenvalue weighted by Gasteiger charge is 2.28. The third-order valence-corrected chi connectivity index (χ3v) is 5.02. The van der Waals surface area contributed by atoms with Crippen molar-refractivity contribution in [2.75, 3.05) is 13.2 Å². The lowest BCUT2D eigenvalue weighted by molar-refractivity contribution is 0.140. The number of hydrogen-bond donors (Lipinski definition) is 0. The number of ether oxygens (including phenoxy) is 1. The molecule has 0 radical (unpaired) electrons. The quantitative estimate of drug-likeness (QED) is 0.786. The van der Waals surface area contributed by atoms with Gasteiger partial charge in [0.2, 0.25) is 0 Å². The first kappa shape index (κ1) is 13.8. The van der Waals surface area contributed by atoms with E-state index in [9.17, 15) is 8.42 Å². The Balaban J connectivity index is 2.28. The van der Waals surface area contributed by atoms with E-state index in [0.29, 0.717) is 0 Å². The summed E-state index contributed by atoms with van der Waals surface area (Å²) >= 11 is 0. The molecule has 0 aromatic heterocycles. The topological polar surface area (TPSA) is 43.4 Å². The molecule has 1 aliphatic rings. The normalized spacial score (nSPS) is 25.7. The van der Waals surface area contributed by atoms with Crippen LogP contribution in [0, 0.1) is 0 Å². The molecule has 0 spiro atoms. The summed E-state index contributed by atoms with van der Waals surface area (Å²) in [7, 11) is 1.68. The van der Waals surface area contributed by atoms with Crippen molar-refractivity contribution in [1.29, 1.82) is 0 Å². The third-order valence-electron chi connectivity index (χ3n) is 3.65. The average Bonchev–Trinajstić information content (AvgIpc) is 2.54. The zero-order valence-electron chi connectivity index (χ0n) is 10.4. The summed E-state index contributed by atoms with van der Waals surface area (Å²) in [6.07, 6.45) is 3.05. The van der Waals surface area contributed by atoms with Crippen LogP contribution in [0.5, 0.6) is 0 Å². The summed E-state index contributed by atoms with van der Waals surface area (Å²) in [6, 6.07) is 6.88. The van der Waals surface area contributed by atoms with Crippen molar-refractivity contribution in [1.82, 2.24) is 0 Å². The van der Waals surface area contributed by atoms with E-state index in [-0.39, 0.29) is 10.3 Å². The minimum atomic E-state index is -3.63. The predicted octanol–water partition coefficient (Wildman–Crippen LogP) is 3.07. The number of benzene rings is 1. The fraction of sp³-hybridized carbons (Fsp3) is 0.538. The Kier molecular flexibility index (Phi) is 3.99. The van der Waals surface area contributed by atoms with Gasteiger partial charge in [-0.1, -0.05) is 19.1 Å². The Morgan fingerprint density at radius 1 is 1.17 bits per heavy atom. The van der Waals surface area contributed by atoms with Crippen LogP contribution in [-0.4, -0.2) is 21.6 Å². The lowest BCUT2D eigenvalue weighted by atomic mass is 9.76. The minimum Gasteiger partial charge on any atom is -0.381 e. The Labute approximate surface area is 113 Å². The number of hydrogen-bond acceptors (Lipinski definition) is 3. The first-order valence-electron chi connectivity index (χ1n) is 6.05. The molecule has 100 valence electrons. The summed E-state index contributed by atoms with van der Waals surface area (Å²) in [4.78, 5) is 0.154. The van der Waals surface area contributed by atoms with E-state index in [2.05, 4.69) is 6.92 Å². The van der Waals surface area contributed by atoms with E-state index >= 15 is 0 Å². The van der Waals surface area contributed by atoms with E-state index in [4.69, 9.17) is 15.4 Å². The Morgan fingerprint density at radius 2 is 1.83 bits per heavy atom. The maximum absolute atomic E-state index is 11.2. The second-order valence-corrected chi connectivity index (χ2v) is 7.55. The molecule has 0 amide bonds. The van der Waals surface area contributed by atoms with Crippen molar-refractivity contribution in [3.8, 4) is 0 Å². The van der Waals surface area contributed by atoms with Gasteiger partial charge in [0.05, 0.1) is 4.90 Å². The van der Waals surface area contributed by atoms with Crippen molar-refractivity contribution in [2.45, 2.75) is 36.5 Å². The second kappa shape index (κ2) is 5.19. The van der Waals surface area contributed by atoms with Crippen LogP contribution in [0.25, 0.3) is 0 Å². The van der Waals surface area contributed by atoms with Crippen molar-refractivity contribution >= 4 is 19.7 Å². The largest absolute Gasteiger partial charge is 0.381 e. The van der Waals surface area contributed by atoms with Crippen molar-refractivity contribution < 1.29 is 13.2 Å². The van der Waals surface area contributed by atoms with Gasteiger partial charge in [-0.3, -0.25) is 0 Å². The van der Waals surface area contributed by atoms with E-state index in [1.165, 1.54) is 0 Å². The molecule has 1 atom stereocenters. The van der Waals surface area contributed by atoms with E-state index in [1.807, 2.05) is 12.1 Å². The van der Waals surface area contributed by atoms with Crippen molar-refractivity contribution in [3.05, 3.63) is 29.8 Å². The second-order valence-electron chi connectivity index (χ2n) is 4.99. The van der Waals surface area contributed by atoms with Crippen LogP contribution in [0.2, 0.25) is 0 Å². The Hall–Kier alpha value is -0.580. The Morgan fingerprint density at radius 3 is 2.44 bits per heavy atom. The fourth-order valence-corrected chi connectivity index (χ4v) is 3.17. The maximum Gasteiger partial charge on any atom is 0.261 e. The van der Waals surface area contributed by atoms with Crippen LogP contribution in [-0.2, 0) is 19.2 Å². The minimum absolute atomic E-state index is 0.0606. The zero-order valence-corrected chi connectivity index (χ0v) is 11.9. The molecule has 1 saturated heterocycles. The van der Waals surface area contributed by atoms with Gasteiger partial charge in [0.25, 0.3) is 9.05 Å². The van der Waals surface area contributed by atoms with Crippen LogP contribution in [0.1, 0.15) is 31.7 Å². The van der Waals surface area contributed by atoms with Crippen LogP contribution in [0.15, 0.2) is 29.2 Å². The monoisotopic (exact) mass is 288 g/mol. The lowest BCUT2D eigenvalue weighted by Gasteiger charge is -2.28. The highest BCUT2D eigenvalue weighted by molar-refractivity contribution is 8.13. The molecule has 0 saturated carbocycles. The molecule has 2 rings (SSSR count). The summed E-state index contributed by atoms with van der Waals surface area (Å²) < 4.78 is 27.9. The molecule has 1 heterocycles. The third kappa shape index (κ3) is 3.05. The SMILES string of the molecule is CC1(c2ccc(S(=O)(=O)Cl)cc2)CCCOCC1. The smallest absolute Gasteiger partial charge is 0.261 e. The molecule has 0 N–H and O–H groups in total. The highest BCUT2D eigenvalue weighted by Crippen LogP contribution is 2.35. The first-order chi connectivity index (χ1) is 8.42. The van der Waals surface area contributed by atoms with Gasteiger partial charge < -0.3 is 4.74 Å². The van der Waals surface area contributed by atoms with E-state index < -0.39 is 9.05 Å².